The van der Waals surface area contributed by atoms with Crippen molar-refractivity contribution in [1.82, 2.24) is 30.2 Å². The van der Waals surface area contributed by atoms with Gasteiger partial charge < -0.3 is 10.1 Å². The number of carbonyl (C=O) groups is 2. The lowest BCUT2D eigenvalue weighted by Gasteiger charge is -2.14. The molecule has 11 heteroatoms. The molecule has 1 aliphatic rings. The van der Waals surface area contributed by atoms with Crippen molar-refractivity contribution < 1.29 is 14.3 Å². The van der Waals surface area contributed by atoms with Crippen LogP contribution in [0.1, 0.15) is 37.7 Å². The number of methoxy groups -OCH3 is 1. The topological polar surface area (TPSA) is 132 Å². The number of ether oxygens (including phenoxy) is 1. The van der Waals surface area contributed by atoms with E-state index in [2.05, 4.69) is 35.6 Å². The standard InChI is InChI=1S/C27H21N7O3S/c1-13-6-15(4-5-28-13)21-12-30-23-26(32-21)38-27(33-23)34-25(36)20-11-29-14(2)7-18(20)19-8-16-10-31-24(35)17(16)9-22(19)37-3/h4-9,11-12H,10H2,1-3H3,(H,31,35)(H,30,33,34,36). The minimum absolute atomic E-state index is 0.144. The van der Waals surface area contributed by atoms with Crippen molar-refractivity contribution in [1.29, 1.82) is 0 Å². The van der Waals surface area contributed by atoms with Crippen LogP contribution in [0.5, 0.6) is 5.75 Å². The van der Waals surface area contributed by atoms with Crippen LogP contribution in [0.2, 0.25) is 0 Å². The van der Waals surface area contributed by atoms with Crippen LogP contribution < -0.4 is 15.4 Å². The average molecular weight is 524 g/mol. The molecule has 0 saturated heterocycles. The second-order valence-corrected chi connectivity index (χ2v) is 9.78. The van der Waals surface area contributed by atoms with E-state index in [0.717, 1.165) is 22.5 Å². The Balaban J connectivity index is 1.35. The largest absolute Gasteiger partial charge is 0.496 e. The maximum Gasteiger partial charge on any atom is 0.259 e. The van der Waals surface area contributed by atoms with Gasteiger partial charge in [-0.1, -0.05) is 11.3 Å². The van der Waals surface area contributed by atoms with Crippen LogP contribution in [-0.4, -0.2) is 43.8 Å². The number of pyridine rings is 2. The third-order valence-electron chi connectivity index (χ3n) is 6.22. The first-order chi connectivity index (χ1) is 18.4. The summed E-state index contributed by atoms with van der Waals surface area (Å²) in [5.41, 5.74) is 6.76. The van der Waals surface area contributed by atoms with Crippen LogP contribution in [0.4, 0.5) is 5.13 Å². The second kappa shape index (κ2) is 9.27. The molecule has 0 spiro atoms. The third-order valence-corrected chi connectivity index (χ3v) is 7.07. The quantitative estimate of drug-likeness (QED) is 0.348. The number of benzene rings is 1. The molecule has 188 valence electrons. The fraction of sp³-hybridized carbons (Fsp3) is 0.148. The second-order valence-electron chi connectivity index (χ2n) is 8.81. The molecule has 2 amide bonds. The molecule has 0 unspecified atom stereocenters. The highest BCUT2D eigenvalue weighted by molar-refractivity contribution is 7.21. The summed E-state index contributed by atoms with van der Waals surface area (Å²) in [4.78, 5) is 48.3. The molecule has 0 radical (unpaired) electrons. The van der Waals surface area contributed by atoms with Gasteiger partial charge in [0.1, 0.15) is 5.75 Å². The van der Waals surface area contributed by atoms with E-state index in [1.54, 1.807) is 18.5 Å². The zero-order chi connectivity index (χ0) is 26.4. The van der Waals surface area contributed by atoms with Gasteiger partial charge in [-0.3, -0.25) is 24.9 Å². The van der Waals surface area contributed by atoms with Crippen molar-refractivity contribution in [2.75, 3.05) is 12.4 Å². The Labute approximate surface area is 221 Å². The van der Waals surface area contributed by atoms with Crippen molar-refractivity contribution in [3.63, 3.8) is 0 Å². The first kappa shape index (κ1) is 23.6. The van der Waals surface area contributed by atoms with Crippen LogP contribution in [0.15, 0.2) is 48.9 Å². The fourth-order valence-electron chi connectivity index (χ4n) is 4.38. The zero-order valence-corrected chi connectivity index (χ0v) is 21.5. The molecule has 1 aliphatic heterocycles. The lowest BCUT2D eigenvalue weighted by Crippen LogP contribution is -2.14. The molecule has 0 fully saturated rings. The molecule has 1 aromatic carbocycles. The number of hydrogen-bond acceptors (Lipinski definition) is 9. The van der Waals surface area contributed by atoms with E-state index in [1.165, 1.54) is 24.6 Å². The molecule has 5 aromatic rings. The first-order valence-electron chi connectivity index (χ1n) is 11.7. The number of fused-ring (bicyclic) bond motifs is 2. The van der Waals surface area contributed by atoms with E-state index in [0.29, 0.717) is 55.9 Å². The number of thiazole rings is 1. The van der Waals surface area contributed by atoms with Gasteiger partial charge >= 0.3 is 0 Å². The monoisotopic (exact) mass is 523 g/mol. The SMILES string of the molecule is COc1cc2c(cc1-c1cc(C)ncc1C(=O)Nc1nc3ncc(-c4ccnc(C)c4)nc3s1)CNC2=O. The number of amides is 2. The summed E-state index contributed by atoms with van der Waals surface area (Å²) in [6.07, 6.45) is 4.92. The van der Waals surface area contributed by atoms with E-state index in [9.17, 15) is 9.59 Å². The van der Waals surface area contributed by atoms with Crippen molar-refractivity contribution >= 4 is 38.8 Å². The third kappa shape index (κ3) is 4.22. The molecule has 10 nitrogen and oxygen atoms in total. The predicted octanol–water partition coefficient (Wildman–Crippen LogP) is 4.33. The Morgan fingerprint density at radius 3 is 2.66 bits per heavy atom. The fourth-order valence-corrected chi connectivity index (χ4v) is 5.17. The zero-order valence-electron chi connectivity index (χ0n) is 20.7. The Kier molecular flexibility index (Phi) is 5.76. The van der Waals surface area contributed by atoms with Crippen LogP contribution in [0.25, 0.3) is 32.9 Å². The van der Waals surface area contributed by atoms with Gasteiger partial charge in [-0.25, -0.2) is 9.97 Å². The maximum atomic E-state index is 13.5. The Morgan fingerprint density at radius 1 is 1.00 bits per heavy atom. The maximum absolute atomic E-state index is 13.5. The van der Waals surface area contributed by atoms with E-state index < -0.39 is 0 Å². The molecular formula is C27H21N7O3S. The number of aryl methyl sites for hydroxylation is 2. The smallest absolute Gasteiger partial charge is 0.259 e. The molecule has 0 saturated carbocycles. The average Bonchev–Trinajstić information content (AvgIpc) is 3.49. The summed E-state index contributed by atoms with van der Waals surface area (Å²) in [5.74, 6) is -0.0324. The number of anilines is 1. The summed E-state index contributed by atoms with van der Waals surface area (Å²) in [6.45, 7) is 4.19. The number of aromatic nitrogens is 5. The van der Waals surface area contributed by atoms with E-state index >= 15 is 0 Å². The predicted molar refractivity (Wildman–Crippen MR) is 143 cm³/mol. The van der Waals surface area contributed by atoms with Gasteiger partial charge in [-0.15, -0.1) is 0 Å². The highest BCUT2D eigenvalue weighted by atomic mass is 32.1. The van der Waals surface area contributed by atoms with Crippen LogP contribution in [0.3, 0.4) is 0 Å². The van der Waals surface area contributed by atoms with Crippen molar-refractivity contribution in [2.24, 2.45) is 0 Å². The van der Waals surface area contributed by atoms with E-state index in [-0.39, 0.29) is 11.8 Å². The van der Waals surface area contributed by atoms with Crippen molar-refractivity contribution in [3.8, 4) is 28.1 Å². The Morgan fingerprint density at radius 2 is 1.84 bits per heavy atom. The highest BCUT2D eigenvalue weighted by Crippen LogP contribution is 2.37. The first-order valence-corrected chi connectivity index (χ1v) is 12.6. The summed E-state index contributed by atoms with van der Waals surface area (Å²) >= 11 is 1.24. The molecule has 38 heavy (non-hydrogen) atoms. The number of nitrogens with one attached hydrogen (secondary N) is 2. The van der Waals surface area contributed by atoms with Gasteiger partial charge in [-0.05, 0) is 49.7 Å². The minimum Gasteiger partial charge on any atom is -0.496 e. The van der Waals surface area contributed by atoms with Gasteiger partial charge in [-0.2, -0.15) is 4.98 Å². The molecule has 4 aromatic heterocycles. The Bertz CT molecular complexity index is 1770. The van der Waals surface area contributed by atoms with Gasteiger partial charge in [0.25, 0.3) is 11.8 Å². The van der Waals surface area contributed by atoms with Gasteiger partial charge in [0, 0.05) is 52.6 Å². The van der Waals surface area contributed by atoms with E-state index in [1.807, 2.05) is 38.1 Å². The lowest BCUT2D eigenvalue weighted by molar-refractivity contribution is 0.0964. The molecule has 2 N–H and O–H groups in total. The van der Waals surface area contributed by atoms with Crippen LogP contribution in [-0.2, 0) is 6.54 Å². The molecule has 5 heterocycles. The summed E-state index contributed by atoms with van der Waals surface area (Å²) in [5, 5.41) is 6.06. The molecule has 6 rings (SSSR count). The Hall–Kier alpha value is -4.77. The molecule has 0 bridgehead atoms. The van der Waals surface area contributed by atoms with E-state index in [4.69, 9.17) is 4.74 Å². The summed E-state index contributed by atoms with van der Waals surface area (Å²) in [7, 11) is 1.54. The van der Waals surface area contributed by atoms with Gasteiger partial charge in [0.2, 0.25) is 0 Å². The summed E-state index contributed by atoms with van der Waals surface area (Å²) in [6, 6.07) is 9.22. The molecule has 0 aliphatic carbocycles. The van der Waals surface area contributed by atoms with Gasteiger partial charge in [0.15, 0.2) is 15.6 Å². The van der Waals surface area contributed by atoms with Crippen LogP contribution in [0, 0.1) is 13.8 Å². The molecular weight excluding hydrogens is 502 g/mol. The summed E-state index contributed by atoms with van der Waals surface area (Å²) < 4.78 is 5.60. The number of carbonyl (C=O) groups excluding carboxylic acids is 2. The number of rotatable bonds is 5. The molecule has 0 atom stereocenters. The number of nitrogens with zero attached hydrogens (tertiary/aromatic N) is 5. The van der Waals surface area contributed by atoms with Crippen molar-refractivity contribution in [3.05, 3.63) is 77.0 Å². The minimum atomic E-state index is -0.381. The van der Waals surface area contributed by atoms with Crippen molar-refractivity contribution in [2.45, 2.75) is 20.4 Å². The lowest BCUT2D eigenvalue weighted by atomic mass is 9.95. The number of hydrogen-bond donors (Lipinski definition) is 2. The highest BCUT2D eigenvalue weighted by Gasteiger charge is 2.25. The normalized spacial score (nSPS) is 12.3. The van der Waals surface area contributed by atoms with Crippen LogP contribution >= 0.6 is 11.3 Å². The van der Waals surface area contributed by atoms with Gasteiger partial charge in [0.05, 0.1) is 24.6 Å².